The predicted octanol–water partition coefficient (Wildman–Crippen LogP) is -4.34. The van der Waals surface area contributed by atoms with Crippen molar-refractivity contribution < 1.29 is 71.0 Å². The van der Waals surface area contributed by atoms with E-state index in [1.165, 1.54) is 0 Å². The van der Waals surface area contributed by atoms with Crippen LogP contribution < -0.4 is 56.6 Å². The summed E-state index contributed by atoms with van der Waals surface area (Å²) in [5.41, 5.74) is 0. The van der Waals surface area contributed by atoms with Crippen LogP contribution in [0.5, 0.6) is 0 Å². The molecule has 0 amide bonds. The summed E-state index contributed by atoms with van der Waals surface area (Å²) < 4.78 is 9.59. The summed E-state index contributed by atoms with van der Waals surface area (Å²) in [5.74, 6) is 0. The third kappa shape index (κ3) is 4.02. The molecule has 0 bridgehead atoms. The number of hydrogen-bond acceptors (Lipinski definition) is 4. The van der Waals surface area contributed by atoms with E-state index in [0.717, 1.165) is 0 Å². The summed E-state index contributed by atoms with van der Waals surface area (Å²) in [5, 5.41) is 9.58. The van der Waals surface area contributed by atoms with Gasteiger partial charge in [0.15, 0.2) is 6.29 Å². The van der Waals surface area contributed by atoms with Crippen LogP contribution in [0.15, 0.2) is 0 Å². The average Bonchev–Trinajstić information content (AvgIpc) is 1.90. The Morgan fingerprint density at radius 3 is 2.56 bits per heavy atom. The smallest absolute Gasteiger partial charge is 0.721 e. The van der Waals surface area contributed by atoms with Gasteiger partial charge in [-0.1, -0.05) is 0 Å². The summed E-state index contributed by atoms with van der Waals surface area (Å²) >= 11 is 0. The molecule has 1 rings (SSSR count). The second-order valence-corrected chi connectivity index (χ2v) is 1.47. The first-order valence-electron chi connectivity index (χ1n) is 2.41. The van der Waals surface area contributed by atoms with Gasteiger partial charge >= 0.3 is 51.4 Å². The fourth-order valence-electron chi connectivity index (χ4n) is 0.522. The molecule has 1 atom stereocenters. The topological polar surface area (TPSA) is 50.8 Å². The van der Waals surface area contributed by atoms with Gasteiger partial charge in [-0.3, -0.25) is 0 Å². The second kappa shape index (κ2) is 6.20. The summed E-state index contributed by atoms with van der Waals surface area (Å²) in [4.78, 5) is 3.59. The van der Waals surface area contributed by atoms with Crippen molar-refractivity contribution in [2.75, 3.05) is 19.8 Å². The molecule has 0 N–H and O–H groups in total. The van der Waals surface area contributed by atoms with Crippen molar-refractivity contribution in [1.29, 1.82) is 0 Å². The fourth-order valence-corrected chi connectivity index (χ4v) is 0.522. The van der Waals surface area contributed by atoms with E-state index < -0.39 is 6.29 Å². The maximum atomic E-state index is 9.58. The molecule has 1 aliphatic heterocycles. The van der Waals surface area contributed by atoms with Gasteiger partial charge in [0, 0.05) is 0 Å². The average molecular weight is 158 g/mol. The van der Waals surface area contributed by atoms with Crippen molar-refractivity contribution in [2.24, 2.45) is 0 Å². The van der Waals surface area contributed by atoms with Gasteiger partial charge in [-0.25, -0.2) is 0 Å². The first kappa shape index (κ1) is 10.5. The van der Waals surface area contributed by atoms with Crippen LogP contribution in [0.3, 0.4) is 0 Å². The van der Waals surface area contributed by atoms with Gasteiger partial charge in [-0.2, -0.15) is 0 Å². The number of hydrogen-bond donors (Lipinski definition) is 0. The van der Waals surface area contributed by atoms with E-state index in [-0.39, 0.29) is 58.0 Å². The van der Waals surface area contributed by atoms with Crippen LogP contribution in [0, 0.1) is 0 Å². The molecule has 0 aliphatic carbocycles. The fraction of sp³-hybridized carbons (Fsp3) is 1.00. The van der Waals surface area contributed by atoms with Crippen LogP contribution in [-0.4, -0.2) is 26.1 Å². The molecular weight excluding hydrogens is 151 g/mol. The Bertz CT molecular complexity index is 63.6. The zero-order chi connectivity index (χ0) is 5.82. The molecule has 0 radical (unpaired) electrons. The van der Waals surface area contributed by atoms with E-state index in [2.05, 4.69) is 4.89 Å². The molecule has 0 aromatic carbocycles. The monoisotopic (exact) mass is 158 g/mol. The van der Waals surface area contributed by atoms with Crippen molar-refractivity contribution >= 4 is 0 Å². The van der Waals surface area contributed by atoms with Gasteiger partial charge in [-0.05, 0) is 0 Å². The minimum atomic E-state index is -0.691. The van der Waals surface area contributed by atoms with Gasteiger partial charge in [0.05, 0.1) is 19.8 Å². The van der Waals surface area contributed by atoms with Crippen molar-refractivity contribution in [3.63, 3.8) is 0 Å². The van der Waals surface area contributed by atoms with Gasteiger partial charge < -0.3 is 19.6 Å². The molecule has 48 valence electrons. The normalized spacial score (nSPS) is 27.0. The number of rotatable bonds is 1. The van der Waals surface area contributed by atoms with Gasteiger partial charge in [0.1, 0.15) is 0 Å². The molecule has 4 nitrogen and oxygen atoms in total. The number of ether oxygens (including phenoxy) is 2. The minimum Gasteiger partial charge on any atom is -0.721 e. The van der Waals surface area contributed by atoms with E-state index in [1.807, 2.05) is 0 Å². The summed E-state index contributed by atoms with van der Waals surface area (Å²) in [6.07, 6.45) is -0.691. The van der Waals surface area contributed by atoms with Crippen molar-refractivity contribution in [2.45, 2.75) is 6.29 Å². The Labute approximate surface area is 95.8 Å². The van der Waals surface area contributed by atoms with Crippen LogP contribution in [0.4, 0.5) is 0 Å². The van der Waals surface area contributed by atoms with Crippen LogP contribution >= 0.6 is 0 Å². The molecule has 1 aliphatic rings. The molecule has 0 aromatic rings. The van der Waals surface area contributed by atoms with E-state index in [1.54, 1.807) is 0 Å². The zero-order valence-corrected chi connectivity index (χ0v) is 8.45. The van der Waals surface area contributed by atoms with E-state index >= 15 is 0 Å². The van der Waals surface area contributed by atoms with E-state index in [4.69, 9.17) is 9.47 Å². The third-order valence-electron chi connectivity index (χ3n) is 0.893. The van der Waals surface area contributed by atoms with Crippen LogP contribution in [-0.2, 0) is 14.4 Å². The molecule has 9 heavy (non-hydrogen) atoms. The quantitative estimate of drug-likeness (QED) is 0.220. The van der Waals surface area contributed by atoms with Crippen LogP contribution in [0.25, 0.3) is 0 Å². The molecule has 0 aromatic heterocycles. The van der Waals surface area contributed by atoms with Crippen LogP contribution in [0.1, 0.15) is 0 Å². The standard InChI is InChI=1S/C4H8O4.K/c5-8-4-3-6-1-2-7-4;/h4-5H,1-3H2;/q;+1/p-1. The van der Waals surface area contributed by atoms with E-state index in [9.17, 15) is 5.26 Å². The van der Waals surface area contributed by atoms with Crippen molar-refractivity contribution in [3.8, 4) is 0 Å². The third-order valence-corrected chi connectivity index (χ3v) is 0.893. The first-order valence-corrected chi connectivity index (χ1v) is 2.41. The summed E-state index contributed by atoms with van der Waals surface area (Å²) in [6.45, 7) is 1.26. The maximum Gasteiger partial charge on any atom is 1.00 e. The Morgan fingerprint density at radius 2 is 2.22 bits per heavy atom. The first-order chi connectivity index (χ1) is 3.93. The second-order valence-electron chi connectivity index (χ2n) is 1.47. The molecular formula is C4H7KO4. The Kier molecular flexibility index (Phi) is 7.22. The Morgan fingerprint density at radius 1 is 1.44 bits per heavy atom. The van der Waals surface area contributed by atoms with Gasteiger partial charge in [0.2, 0.25) is 0 Å². The summed E-state index contributed by atoms with van der Waals surface area (Å²) in [6, 6.07) is 0. The van der Waals surface area contributed by atoms with Crippen molar-refractivity contribution in [1.82, 2.24) is 0 Å². The van der Waals surface area contributed by atoms with Gasteiger partial charge in [-0.15, -0.1) is 0 Å². The Balaban J connectivity index is 0.000000640. The molecule has 1 heterocycles. The van der Waals surface area contributed by atoms with E-state index in [0.29, 0.717) is 13.2 Å². The molecule has 0 spiro atoms. The SMILES string of the molecule is [K+].[O-]OC1COCCO1. The van der Waals surface area contributed by atoms with Crippen LogP contribution in [0.2, 0.25) is 0 Å². The minimum absolute atomic E-state index is 0. The maximum absolute atomic E-state index is 9.58. The predicted molar refractivity (Wildman–Crippen MR) is 21.6 cm³/mol. The largest absolute Gasteiger partial charge is 1.00 e. The molecule has 5 heteroatoms. The molecule has 1 saturated heterocycles. The molecule has 1 fully saturated rings. The van der Waals surface area contributed by atoms with Gasteiger partial charge in [0.25, 0.3) is 0 Å². The summed E-state index contributed by atoms with van der Waals surface area (Å²) in [7, 11) is 0. The zero-order valence-electron chi connectivity index (χ0n) is 5.33. The molecule has 1 unspecified atom stereocenters. The Hall–Kier alpha value is 1.48. The molecule has 0 saturated carbocycles. The van der Waals surface area contributed by atoms with Crippen molar-refractivity contribution in [3.05, 3.63) is 0 Å².